The standard InChI is InChI=1S/C17H22N2O2S2/c1-13-4-6-16(12-14(13)2)18-8-10-19(11-9-18)23(20,21)17-7-5-15(3)22-17/h4-7,12H,8-11H2,1-3H3. The van der Waals surface area contributed by atoms with E-state index in [0.717, 1.165) is 18.0 Å². The van der Waals surface area contributed by atoms with Crippen LogP contribution >= 0.6 is 11.3 Å². The monoisotopic (exact) mass is 350 g/mol. The molecular formula is C17H22N2O2S2. The Morgan fingerprint density at radius 2 is 1.61 bits per heavy atom. The van der Waals surface area contributed by atoms with Crippen molar-refractivity contribution in [2.75, 3.05) is 31.1 Å². The summed E-state index contributed by atoms with van der Waals surface area (Å²) in [5.74, 6) is 0. The molecule has 1 fully saturated rings. The third kappa shape index (κ3) is 3.29. The van der Waals surface area contributed by atoms with Crippen molar-refractivity contribution in [2.45, 2.75) is 25.0 Å². The fourth-order valence-electron chi connectivity index (χ4n) is 2.79. The molecule has 0 N–H and O–H groups in total. The summed E-state index contributed by atoms with van der Waals surface area (Å²) in [5, 5.41) is 0. The van der Waals surface area contributed by atoms with E-state index in [4.69, 9.17) is 0 Å². The highest BCUT2D eigenvalue weighted by Gasteiger charge is 2.29. The van der Waals surface area contributed by atoms with E-state index in [1.807, 2.05) is 13.0 Å². The molecule has 1 aliphatic heterocycles. The maximum Gasteiger partial charge on any atom is 0.252 e. The van der Waals surface area contributed by atoms with Crippen molar-refractivity contribution >= 4 is 27.0 Å². The van der Waals surface area contributed by atoms with Crippen LogP contribution in [-0.2, 0) is 10.0 Å². The van der Waals surface area contributed by atoms with Gasteiger partial charge in [-0.3, -0.25) is 0 Å². The summed E-state index contributed by atoms with van der Waals surface area (Å²) in [5.41, 5.74) is 3.73. The highest BCUT2D eigenvalue weighted by Crippen LogP contribution is 2.26. The zero-order chi connectivity index (χ0) is 16.6. The highest BCUT2D eigenvalue weighted by atomic mass is 32.2. The number of rotatable bonds is 3. The van der Waals surface area contributed by atoms with Gasteiger partial charge in [-0.2, -0.15) is 4.31 Å². The molecule has 0 spiro atoms. The van der Waals surface area contributed by atoms with Crippen molar-refractivity contribution in [3.63, 3.8) is 0 Å². The summed E-state index contributed by atoms with van der Waals surface area (Å²) in [6, 6.07) is 10.0. The first kappa shape index (κ1) is 16.5. The van der Waals surface area contributed by atoms with Crippen molar-refractivity contribution in [1.29, 1.82) is 0 Å². The van der Waals surface area contributed by atoms with Crippen LogP contribution in [0.4, 0.5) is 5.69 Å². The third-order valence-electron chi connectivity index (χ3n) is 4.40. The van der Waals surface area contributed by atoms with Crippen LogP contribution in [-0.4, -0.2) is 38.9 Å². The van der Waals surface area contributed by atoms with Crippen LogP contribution in [0.2, 0.25) is 0 Å². The Kier molecular flexibility index (Phi) is 4.49. The molecular weight excluding hydrogens is 328 g/mol. The number of hydrogen-bond donors (Lipinski definition) is 0. The summed E-state index contributed by atoms with van der Waals surface area (Å²) in [6.45, 7) is 8.67. The molecule has 0 unspecified atom stereocenters. The van der Waals surface area contributed by atoms with Gasteiger partial charge in [0.1, 0.15) is 4.21 Å². The zero-order valence-electron chi connectivity index (χ0n) is 13.7. The summed E-state index contributed by atoms with van der Waals surface area (Å²) in [4.78, 5) is 3.29. The van der Waals surface area contributed by atoms with Crippen LogP contribution in [0.25, 0.3) is 0 Å². The summed E-state index contributed by atoms with van der Waals surface area (Å²) in [6.07, 6.45) is 0. The molecule has 23 heavy (non-hydrogen) atoms. The molecule has 0 amide bonds. The number of hydrogen-bond acceptors (Lipinski definition) is 4. The van der Waals surface area contributed by atoms with Gasteiger partial charge in [-0.25, -0.2) is 8.42 Å². The SMILES string of the molecule is Cc1ccc(S(=O)(=O)N2CCN(c3ccc(C)c(C)c3)CC2)s1. The fourth-order valence-corrected chi connectivity index (χ4v) is 5.65. The van der Waals surface area contributed by atoms with E-state index in [1.54, 1.807) is 10.4 Å². The topological polar surface area (TPSA) is 40.6 Å². The molecule has 1 aliphatic rings. The van der Waals surface area contributed by atoms with E-state index in [-0.39, 0.29) is 0 Å². The maximum atomic E-state index is 12.7. The van der Waals surface area contributed by atoms with Gasteiger partial charge in [0.2, 0.25) is 0 Å². The van der Waals surface area contributed by atoms with Crippen molar-refractivity contribution in [1.82, 2.24) is 4.31 Å². The van der Waals surface area contributed by atoms with Gasteiger partial charge in [-0.15, -0.1) is 11.3 Å². The molecule has 0 radical (unpaired) electrons. The number of anilines is 1. The molecule has 1 aromatic carbocycles. The second-order valence-corrected chi connectivity index (χ2v) is 9.48. The van der Waals surface area contributed by atoms with Gasteiger partial charge in [-0.1, -0.05) is 6.07 Å². The Morgan fingerprint density at radius 3 is 2.17 bits per heavy atom. The highest BCUT2D eigenvalue weighted by molar-refractivity contribution is 7.91. The first-order valence-electron chi connectivity index (χ1n) is 7.77. The van der Waals surface area contributed by atoms with Crippen molar-refractivity contribution in [2.24, 2.45) is 0 Å². The lowest BCUT2D eigenvalue weighted by atomic mass is 10.1. The first-order chi connectivity index (χ1) is 10.9. The smallest absolute Gasteiger partial charge is 0.252 e. The molecule has 2 heterocycles. The molecule has 0 atom stereocenters. The Labute approximate surface area is 142 Å². The minimum Gasteiger partial charge on any atom is -0.369 e. The van der Waals surface area contributed by atoms with E-state index in [2.05, 4.69) is 36.9 Å². The first-order valence-corrected chi connectivity index (χ1v) is 10.0. The maximum absolute atomic E-state index is 12.7. The van der Waals surface area contributed by atoms with Gasteiger partial charge in [-0.05, 0) is 56.2 Å². The van der Waals surface area contributed by atoms with Gasteiger partial charge in [0.05, 0.1) is 0 Å². The van der Waals surface area contributed by atoms with E-state index in [0.29, 0.717) is 17.3 Å². The average Bonchev–Trinajstić information content (AvgIpc) is 2.97. The largest absolute Gasteiger partial charge is 0.369 e. The normalized spacial score (nSPS) is 16.7. The van der Waals surface area contributed by atoms with Gasteiger partial charge in [0.15, 0.2) is 0 Å². The van der Waals surface area contributed by atoms with Crippen molar-refractivity contribution in [3.05, 3.63) is 46.3 Å². The van der Waals surface area contributed by atoms with E-state index >= 15 is 0 Å². The molecule has 0 bridgehead atoms. The Bertz CT molecular complexity index is 804. The van der Waals surface area contributed by atoms with E-state index < -0.39 is 10.0 Å². The van der Waals surface area contributed by atoms with Gasteiger partial charge < -0.3 is 4.90 Å². The molecule has 2 aromatic rings. The Hall–Kier alpha value is -1.37. The molecule has 1 saturated heterocycles. The Balaban J connectivity index is 1.72. The molecule has 124 valence electrons. The number of benzene rings is 1. The number of aryl methyl sites for hydroxylation is 3. The molecule has 6 heteroatoms. The van der Waals surface area contributed by atoms with E-state index in [1.165, 1.54) is 28.2 Å². The lowest BCUT2D eigenvalue weighted by Crippen LogP contribution is -2.48. The molecule has 1 aromatic heterocycles. The zero-order valence-corrected chi connectivity index (χ0v) is 15.4. The summed E-state index contributed by atoms with van der Waals surface area (Å²) in [7, 11) is -3.34. The number of nitrogens with zero attached hydrogens (tertiary/aromatic N) is 2. The lowest BCUT2D eigenvalue weighted by Gasteiger charge is -2.35. The number of piperazine rings is 1. The fraction of sp³-hybridized carbons (Fsp3) is 0.412. The summed E-state index contributed by atoms with van der Waals surface area (Å²) >= 11 is 1.35. The minimum atomic E-state index is -3.34. The molecule has 0 aliphatic carbocycles. The van der Waals surface area contributed by atoms with Gasteiger partial charge in [0, 0.05) is 36.7 Å². The lowest BCUT2D eigenvalue weighted by molar-refractivity contribution is 0.386. The van der Waals surface area contributed by atoms with Crippen LogP contribution in [0.3, 0.4) is 0 Å². The van der Waals surface area contributed by atoms with Crippen LogP contribution in [0.15, 0.2) is 34.5 Å². The quantitative estimate of drug-likeness (QED) is 0.854. The average molecular weight is 351 g/mol. The number of sulfonamides is 1. The second kappa shape index (κ2) is 6.26. The van der Waals surface area contributed by atoms with Crippen molar-refractivity contribution in [3.8, 4) is 0 Å². The Morgan fingerprint density at radius 1 is 0.913 bits per heavy atom. The van der Waals surface area contributed by atoms with Gasteiger partial charge in [0.25, 0.3) is 10.0 Å². The molecule has 4 nitrogen and oxygen atoms in total. The number of thiophene rings is 1. The van der Waals surface area contributed by atoms with Crippen LogP contribution in [0.1, 0.15) is 16.0 Å². The molecule has 0 saturated carbocycles. The predicted molar refractivity (Wildman–Crippen MR) is 95.9 cm³/mol. The van der Waals surface area contributed by atoms with Crippen LogP contribution in [0, 0.1) is 20.8 Å². The van der Waals surface area contributed by atoms with Crippen LogP contribution < -0.4 is 4.90 Å². The van der Waals surface area contributed by atoms with Crippen molar-refractivity contribution < 1.29 is 8.42 Å². The minimum absolute atomic E-state index is 0.453. The predicted octanol–water partition coefficient (Wildman–Crippen LogP) is 3.18. The molecule has 3 rings (SSSR count). The van der Waals surface area contributed by atoms with E-state index in [9.17, 15) is 8.42 Å². The van der Waals surface area contributed by atoms with Crippen LogP contribution in [0.5, 0.6) is 0 Å². The summed E-state index contributed by atoms with van der Waals surface area (Å²) < 4.78 is 27.4. The second-order valence-electron chi connectivity index (χ2n) is 6.02. The van der Waals surface area contributed by atoms with Gasteiger partial charge >= 0.3 is 0 Å². The third-order valence-corrected chi connectivity index (χ3v) is 7.77.